The summed E-state index contributed by atoms with van der Waals surface area (Å²) in [5.41, 5.74) is 2.42. The monoisotopic (exact) mass is 401 g/mol. The van der Waals surface area contributed by atoms with Crippen LogP contribution in [0.2, 0.25) is 0 Å². The average Bonchev–Trinajstić information content (AvgIpc) is 2.81. The van der Waals surface area contributed by atoms with Gasteiger partial charge in [0, 0.05) is 0 Å². The number of benzene rings is 2. The summed E-state index contributed by atoms with van der Waals surface area (Å²) < 4.78 is 16.1. The summed E-state index contributed by atoms with van der Waals surface area (Å²) in [6.45, 7) is 4.14. The van der Waals surface area contributed by atoms with E-state index in [2.05, 4.69) is 50.2 Å². The van der Waals surface area contributed by atoms with E-state index in [4.69, 9.17) is 0 Å². The minimum atomic E-state index is -4.21. The minimum absolute atomic E-state index is 1.13. The molecular formula is C14H12FGeS4-. The molecule has 2 aromatic carbocycles. The molecule has 2 aliphatic heterocycles. The van der Waals surface area contributed by atoms with E-state index in [1.807, 2.05) is 0 Å². The van der Waals surface area contributed by atoms with Crippen molar-refractivity contribution in [2.75, 3.05) is 0 Å². The molecule has 0 radical (unpaired) electrons. The molecule has 0 aliphatic carbocycles. The van der Waals surface area contributed by atoms with Crippen LogP contribution in [-0.4, -0.2) is 8.08 Å². The second kappa shape index (κ2) is 4.41. The van der Waals surface area contributed by atoms with Crippen LogP contribution >= 0.6 is 40.3 Å². The SMILES string of the molecule is Cc1ccc2c(c1)[S][Ge-]1([F])([S]2)[S]c2ccc(C)cc2[S]1. The summed E-state index contributed by atoms with van der Waals surface area (Å²) >= 11 is 0. The Bertz CT molecular complexity index is 684. The first kappa shape index (κ1) is 13.9. The summed E-state index contributed by atoms with van der Waals surface area (Å²) in [7, 11) is 1.93. The Kier molecular flexibility index (Phi) is 3.08. The van der Waals surface area contributed by atoms with Crippen LogP contribution in [-0.2, 0) is 0 Å². The van der Waals surface area contributed by atoms with Gasteiger partial charge in [-0.3, -0.25) is 0 Å². The molecule has 0 bridgehead atoms. The fourth-order valence-electron chi connectivity index (χ4n) is 2.39. The Morgan fingerprint density at radius 1 is 0.700 bits per heavy atom. The summed E-state index contributed by atoms with van der Waals surface area (Å²) in [6.07, 6.45) is 0. The summed E-state index contributed by atoms with van der Waals surface area (Å²) in [5, 5.41) is 0. The predicted molar refractivity (Wildman–Crippen MR) is 92.6 cm³/mol. The van der Waals surface area contributed by atoms with Gasteiger partial charge < -0.3 is 0 Å². The number of aryl methyl sites for hydroxylation is 2. The standard InChI is InChI=1S/C14H12FGeS4/c1-9-3-5-11-13(7-9)19-16(15,17-11)18-12-6-4-10(2)8-14(12)20-16/h3-8H,1-2H3/q-1. The molecule has 4 rings (SSSR count). The van der Waals surface area contributed by atoms with Gasteiger partial charge in [0.15, 0.2) is 0 Å². The molecule has 2 aromatic rings. The Morgan fingerprint density at radius 3 is 1.55 bits per heavy atom. The van der Waals surface area contributed by atoms with Crippen LogP contribution in [0.5, 0.6) is 0 Å². The molecule has 0 nitrogen and oxygen atoms in total. The molecule has 0 N–H and O–H groups in total. The van der Waals surface area contributed by atoms with Crippen molar-refractivity contribution in [1.29, 1.82) is 0 Å². The summed E-state index contributed by atoms with van der Waals surface area (Å²) in [6, 6.07) is 12.6. The molecule has 20 heavy (non-hydrogen) atoms. The Labute approximate surface area is 132 Å². The molecule has 2 heterocycles. The molecule has 0 fully saturated rings. The van der Waals surface area contributed by atoms with Gasteiger partial charge in [0.25, 0.3) is 0 Å². The normalized spacial score (nSPS) is 23.1. The zero-order chi connectivity index (χ0) is 14.0. The third-order valence-electron chi connectivity index (χ3n) is 3.29. The molecule has 1 spiro atoms. The van der Waals surface area contributed by atoms with E-state index in [0.29, 0.717) is 0 Å². The van der Waals surface area contributed by atoms with E-state index < -0.39 is 8.08 Å². The van der Waals surface area contributed by atoms with Crippen molar-refractivity contribution in [3.05, 3.63) is 47.5 Å². The van der Waals surface area contributed by atoms with Crippen LogP contribution in [0.1, 0.15) is 11.1 Å². The summed E-state index contributed by atoms with van der Waals surface area (Å²) in [4.78, 5) is 4.53. The maximum atomic E-state index is 16.1. The van der Waals surface area contributed by atoms with Crippen molar-refractivity contribution in [2.45, 2.75) is 33.4 Å². The van der Waals surface area contributed by atoms with Gasteiger partial charge in [-0.15, -0.1) is 0 Å². The van der Waals surface area contributed by atoms with Crippen LogP contribution in [0.25, 0.3) is 0 Å². The molecule has 0 saturated carbocycles. The van der Waals surface area contributed by atoms with Gasteiger partial charge in [-0.25, -0.2) is 0 Å². The fourth-order valence-corrected chi connectivity index (χ4v) is 43.3. The fraction of sp³-hybridized carbons (Fsp3) is 0.143. The zero-order valence-corrected chi connectivity index (χ0v) is 16.3. The number of hydrogen-bond donors (Lipinski definition) is 0. The molecule has 6 heteroatoms. The van der Waals surface area contributed by atoms with Gasteiger partial charge in [-0.1, -0.05) is 0 Å². The predicted octanol–water partition coefficient (Wildman–Crippen LogP) is 6.26. The van der Waals surface area contributed by atoms with Gasteiger partial charge in [0.05, 0.1) is 0 Å². The van der Waals surface area contributed by atoms with E-state index >= 15 is 3.50 Å². The first-order chi connectivity index (χ1) is 9.43. The number of rotatable bonds is 0. The molecular weight excluding hydrogens is 388 g/mol. The van der Waals surface area contributed by atoms with Crippen LogP contribution in [0.15, 0.2) is 56.0 Å². The van der Waals surface area contributed by atoms with Crippen LogP contribution < -0.4 is 0 Å². The first-order valence-corrected chi connectivity index (χ1v) is 20.6. The quantitative estimate of drug-likeness (QED) is 0.479. The van der Waals surface area contributed by atoms with Crippen molar-refractivity contribution in [1.82, 2.24) is 0 Å². The molecule has 0 saturated heterocycles. The van der Waals surface area contributed by atoms with E-state index in [1.54, 1.807) is 0 Å². The molecule has 0 amide bonds. The van der Waals surface area contributed by atoms with Crippen molar-refractivity contribution in [3.63, 3.8) is 0 Å². The van der Waals surface area contributed by atoms with Gasteiger partial charge in [-0.2, -0.15) is 0 Å². The van der Waals surface area contributed by atoms with Gasteiger partial charge in [0.1, 0.15) is 0 Å². The number of halogens is 1. The Morgan fingerprint density at radius 2 is 1.10 bits per heavy atom. The molecule has 0 atom stereocenters. The Balaban J connectivity index is 1.78. The van der Waals surface area contributed by atoms with Crippen LogP contribution in [0.3, 0.4) is 0 Å². The number of hydrogen-bond acceptors (Lipinski definition) is 4. The second-order valence-corrected chi connectivity index (χ2v) is 40.2. The first-order valence-electron chi connectivity index (χ1n) is 6.30. The van der Waals surface area contributed by atoms with Crippen molar-refractivity contribution in [3.8, 4) is 0 Å². The molecule has 0 unspecified atom stereocenters. The maximum absolute atomic E-state index is 16.1. The van der Waals surface area contributed by atoms with Gasteiger partial charge in [0.2, 0.25) is 0 Å². The van der Waals surface area contributed by atoms with E-state index in [1.165, 1.54) is 51.5 Å². The molecule has 2 aliphatic rings. The third kappa shape index (κ3) is 2.17. The van der Waals surface area contributed by atoms with Crippen LogP contribution in [0, 0.1) is 13.8 Å². The van der Waals surface area contributed by atoms with Crippen molar-refractivity contribution in [2.24, 2.45) is 0 Å². The average molecular weight is 400 g/mol. The van der Waals surface area contributed by atoms with Crippen LogP contribution in [0.4, 0.5) is 3.50 Å². The topological polar surface area (TPSA) is 0 Å². The number of fused-ring (bicyclic) bond motifs is 2. The zero-order valence-electron chi connectivity index (χ0n) is 11.0. The summed E-state index contributed by atoms with van der Waals surface area (Å²) in [5.74, 6) is 0. The molecule has 0 aromatic heterocycles. The molecule has 104 valence electrons. The Hall–Kier alpha value is 0.313. The second-order valence-electron chi connectivity index (χ2n) is 5.12. The van der Waals surface area contributed by atoms with Crippen molar-refractivity contribution < 1.29 is 3.50 Å². The van der Waals surface area contributed by atoms with Gasteiger partial charge >= 0.3 is 133 Å². The van der Waals surface area contributed by atoms with E-state index in [-0.39, 0.29) is 0 Å². The van der Waals surface area contributed by atoms with Crippen molar-refractivity contribution >= 4 is 48.4 Å². The van der Waals surface area contributed by atoms with Gasteiger partial charge in [-0.05, 0) is 0 Å². The van der Waals surface area contributed by atoms with E-state index in [9.17, 15) is 0 Å². The third-order valence-corrected chi connectivity index (χ3v) is 36.5. The van der Waals surface area contributed by atoms with E-state index in [0.717, 1.165) is 19.6 Å².